The smallest absolute Gasteiger partial charge is 0.411 e. The van der Waals surface area contributed by atoms with Crippen molar-refractivity contribution in [2.45, 2.75) is 56.7 Å². The second-order valence-electron chi connectivity index (χ2n) is 11.0. The number of pyridine rings is 1. The van der Waals surface area contributed by atoms with Crippen molar-refractivity contribution in [3.8, 4) is 11.1 Å². The fourth-order valence-corrected chi connectivity index (χ4v) is 5.67. The number of carbonyl (C=O) groups excluding carboxylic acids is 2. The van der Waals surface area contributed by atoms with Crippen LogP contribution in [0.3, 0.4) is 0 Å². The number of aryl methyl sites for hydroxylation is 2. The predicted molar refractivity (Wildman–Crippen MR) is 157 cm³/mol. The summed E-state index contributed by atoms with van der Waals surface area (Å²) in [5.74, 6) is 0.537. The quantitative estimate of drug-likeness (QED) is 0.294. The third-order valence-corrected chi connectivity index (χ3v) is 8.07. The Morgan fingerprint density at radius 1 is 0.952 bits per heavy atom. The van der Waals surface area contributed by atoms with Crippen LogP contribution in [-0.2, 0) is 23.6 Å². The summed E-state index contributed by atoms with van der Waals surface area (Å²) < 4.78 is 15.3. The number of hydrogen-bond donors (Lipinski definition) is 3. The molecule has 6 rings (SSSR count). The molecule has 220 valence electrons. The van der Waals surface area contributed by atoms with Crippen molar-refractivity contribution in [3.05, 3.63) is 53.3 Å². The van der Waals surface area contributed by atoms with E-state index in [9.17, 15) is 14.4 Å². The first-order valence-corrected chi connectivity index (χ1v) is 14.1. The van der Waals surface area contributed by atoms with Crippen molar-refractivity contribution in [1.82, 2.24) is 29.2 Å². The molecule has 13 heteroatoms. The molecule has 2 aliphatic carbocycles. The highest BCUT2D eigenvalue weighted by atomic mass is 16.6. The second-order valence-corrected chi connectivity index (χ2v) is 11.0. The average molecular weight is 575 g/mol. The van der Waals surface area contributed by atoms with Crippen LogP contribution in [0.5, 0.6) is 0 Å². The summed E-state index contributed by atoms with van der Waals surface area (Å²) in [4.78, 5) is 42.1. The van der Waals surface area contributed by atoms with Gasteiger partial charge in [-0.05, 0) is 62.3 Å². The van der Waals surface area contributed by atoms with E-state index in [1.165, 1.54) is 7.11 Å². The van der Waals surface area contributed by atoms with Gasteiger partial charge < -0.3 is 20.1 Å². The maximum atomic E-state index is 13.3. The van der Waals surface area contributed by atoms with Crippen LogP contribution in [0.25, 0.3) is 22.2 Å². The van der Waals surface area contributed by atoms with Crippen molar-refractivity contribution in [3.63, 3.8) is 0 Å². The lowest BCUT2D eigenvalue weighted by atomic mass is 9.96. The monoisotopic (exact) mass is 574 g/mol. The lowest BCUT2D eigenvalue weighted by Crippen LogP contribution is -2.33. The Morgan fingerprint density at radius 2 is 1.76 bits per heavy atom. The lowest BCUT2D eigenvalue weighted by Gasteiger charge is -2.25. The summed E-state index contributed by atoms with van der Waals surface area (Å²) in [6.45, 7) is 0. The van der Waals surface area contributed by atoms with Crippen molar-refractivity contribution in [2.75, 3.05) is 17.7 Å². The van der Waals surface area contributed by atoms with Gasteiger partial charge in [0.1, 0.15) is 11.9 Å². The van der Waals surface area contributed by atoms with Gasteiger partial charge in [-0.2, -0.15) is 5.10 Å². The number of anilines is 3. The number of nitrogens with one attached hydrogen (secondary N) is 3. The average Bonchev–Trinajstić information content (AvgIpc) is 3.64. The van der Waals surface area contributed by atoms with Gasteiger partial charge in [-0.1, -0.05) is 0 Å². The number of rotatable bonds is 7. The van der Waals surface area contributed by atoms with Crippen LogP contribution in [0.2, 0.25) is 0 Å². The molecule has 3 heterocycles. The number of hydrogen-bond acceptors (Lipinski definition) is 8. The van der Waals surface area contributed by atoms with E-state index < -0.39 is 12.2 Å². The maximum absolute atomic E-state index is 13.3. The Morgan fingerprint density at radius 3 is 2.48 bits per heavy atom. The molecular formula is C29H34N8O5. The van der Waals surface area contributed by atoms with E-state index in [1.54, 1.807) is 33.3 Å². The molecule has 4 aromatic rings. The number of methoxy groups -OCH3 is 1. The molecule has 2 amide bonds. The van der Waals surface area contributed by atoms with Crippen LogP contribution in [0, 0.1) is 0 Å². The third-order valence-electron chi connectivity index (χ3n) is 8.07. The zero-order valence-electron chi connectivity index (χ0n) is 23.8. The molecular weight excluding hydrogens is 540 g/mol. The van der Waals surface area contributed by atoms with Crippen molar-refractivity contribution in [2.24, 2.45) is 14.1 Å². The highest BCUT2D eigenvalue weighted by Gasteiger charge is 2.30. The van der Waals surface area contributed by atoms with E-state index in [4.69, 9.17) is 9.47 Å². The van der Waals surface area contributed by atoms with E-state index >= 15 is 0 Å². The molecule has 1 aromatic carbocycles. The Kier molecular flexibility index (Phi) is 7.31. The van der Waals surface area contributed by atoms with Gasteiger partial charge in [0.15, 0.2) is 0 Å². The van der Waals surface area contributed by atoms with Crippen molar-refractivity contribution < 1.29 is 19.1 Å². The van der Waals surface area contributed by atoms with E-state index in [2.05, 4.69) is 26.0 Å². The normalized spacial score (nSPS) is 18.5. The number of ether oxygens (including phenoxy) is 2. The summed E-state index contributed by atoms with van der Waals surface area (Å²) in [6.07, 6.45) is 9.30. The Hall–Kier alpha value is -4.81. The minimum Gasteiger partial charge on any atom is -0.453 e. The predicted octanol–water partition coefficient (Wildman–Crippen LogP) is 4.43. The van der Waals surface area contributed by atoms with E-state index in [0.29, 0.717) is 29.1 Å². The molecule has 2 aliphatic rings. The van der Waals surface area contributed by atoms with Crippen molar-refractivity contribution in [1.29, 1.82) is 0 Å². The lowest BCUT2D eigenvalue weighted by molar-refractivity contribution is 0.0624. The first-order valence-electron chi connectivity index (χ1n) is 14.1. The fourth-order valence-electron chi connectivity index (χ4n) is 5.67. The highest BCUT2D eigenvalue weighted by molar-refractivity contribution is 5.88. The fraction of sp³-hybridized carbons (Fsp3) is 0.414. The zero-order chi connectivity index (χ0) is 29.4. The maximum Gasteiger partial charge on any atom is 0.411 e. The van der Waals surface area contributed by atoms with Gasteiger partial charge in [0.25, 0.3) is 0 Å². The summed E-state index contributed by atoms with van der Waals surface area (Å²) in [6, 6.07) is 7.34. The minimum absolute atomic E-state index is 0.0325. The summed E-state index contributed by atoms with van der Waals surface area (Å²) in [5.41, 5.74) is 4.30. The van der Waals surface area contributed by atoms with E-state index in [0.717, 1.165) is 48.7 Å². The molecule has 13 nitrogen and oxygen atoms in total. The molecule has 3 N–H and O–H groups in total. The van der Waals surface area contributed by atoms with Gasteiger partial charge in [-0.15, -0.1) is 0 Å². The van der Waals surface area contributed by atoms with Crippen LogP contribution in [0.15, 0.2) is 47.7 Å². The molecule has 2 fully saturated rings. The third kappa shape index (κ3) is 5.54. The topological polar surface area (TPSA) is 146 Å². The van der Waals surface area contributed by atoms with Gasteiger partial charge in [-0.3, -0.25) is 19.1 Å². The number of carbonyl (C=O) groups is 2. The molecule has 0 saturated heterocycles. The van der Waals surface area contributed by atoms with Crippen LogP contribution in [-0.4, -0.2) is 55.3 Å². The first-order chi connectivity index (χ1) is 20.3. The van der Waals surface area contributed by atoms with Gasteiger partial charge in [0.2, 0.25) is 0 Å². The molecule has 0 unspecified atom stereocenters. The van der Waals surface area contributed by atoms with E-state index in [1.807, 2.05) is 37.5 Å². The Balaban J connectivity index is 1.30. The molecule has 2 atom stereocenters. The van der Waals surface area contributed by atoms with Gasteiger partial charge in [0, 0.05) is 55.4 Å². The zero-order valence-corrected chi connectivity index (χ0v) is 23.8. The van der Waals surface area contributed by atoms with Gasteiger partial charge in [0.05, 0.1) is 30.5 Å². The number of imidazole rings is 1. The van der Waals surface area contributed by atoms with Crippen LogP contribution in [0.1, 0.15) is 44.6 Å². The molecule has 0 aliphatic heterocycles. The number of amides is 2. The summed E-state index contributed by atoms with van der Waals surface area (Å²) >= 11 is 0. The standard InChI is InChI=1S/C29H34N8O5/c1-35-16-18(14-31-35)17-9-20(11-21(10-17)34-28(39)42-23-5-4-6-23)32-26-13-24-25(15-30-26)36(2)29(40)37(24)22-8-7-19(12-22)33-27(38)41-3/h9-11,13-16,19,22-23H,4-8,12H2,1-3H3,(H,30,32)(H,33,38)(H,34,39)/t19-,22-/m1/s1. The largest absolute Gasteiger partial charge is 0.453 e. The summed E-state index contributed by atoms with van der Waals surface area (Å²) in [5, 5.41) is 13.3. The number of alkyl carbamates (subject to hydrolysis) is 1. The number of fused-ring (bicyclic) bond motifs is 1. The second kappa shape index (κ2) is 11.2. The first kappa shape index (κ1) is 27.4. The van der Waals surface area contributed by atoms with Crippen LogP contribution < -0.4 is 21.6 Å². The number of nitrogens with zero attached hydrogens (tertiary/aromatic N) is 5. The highest BCUT2D eigenvalue weighted by Crippen LogP contribution is 2.33. The van der Waals surface area contributed by atoms with Crippen LogP contribution >= 0.6 is 0 Å². The molecule has 3 aromatic heterocycles. The van der Waals surface area contributed by atoms with Crippen molar-refractivity contribution >= 4 is 40.4 Å². The van der Waals surface area contributed by atoms with Gasteiger partial charge in [-0.25, -0.2) is 19.4 Å². The summed E-state index contributed by atoms with van der Waals surface area (Å²) in [7, 11) is 4.91. The van der Waals surface area contributed by atoms with Crippen LogP contribution in [0.4, 0.5) is 26.8 Å². The molecule has 2 saturated carbocycles. The molecule has 0 radical (unpaired) electrons. The minimum atomic E-state index is -0.488. The molecule has 0 spiro atoms. The number of aromatic nitrogens is 5. The van der Waals surface area contributed by atoms with E-state index in [-0.39, 0.29) is 23.9 Å². The molecule has 42 heavy (non-hydrogen) atoms. The Bertz CT molecular complexity index is 1700. The van der Waals surface area contributed by atoms with Gasteiger partial charge >= 0.3 is 17.9 Å². The molecule has 0 bridgehead atoms. The number of benzene rings is 1. The Labute approximate surface area is 241 Å². The SMILES string of the molecule is COC(=O)N[C@@H]1CC[C@@H](n2c(=O)n(C)c3cnc(Nc4cc(NC(=O)OC5CCC5)cc(-c5cnn(C)c5)c4)cc32)C1.